The smallest absolute Gasteiger partial charge is 0.351 e. The zero-order valence-electron chi connectivity index (χ0n) is 17.5. The van der Waals surface area contributed by atoms with Gasteiger partial charge in [-0.2, -0.15) is 4.99 Å². The van der Waals surface area contributed by atoms with Crippen LogP contribution in [-0.4, -0.2) is 41.0 Å². The molecule has 9 nitrogen and oxygen atoms in total. The molecule has 0 saturated heterocycles. The summed E-state index contributed by atoms with van der Waals surface area (Å²) in [7, 11) is 0. The number of hydrogen-bond acceptors (Lipinski definition) is 6. The predicted molar refractivity (Wildman–Crippen MR) is 117 cm³/mol. The standard InChI is InChI=1S/C24H19N3O6/c1-14-4-2-7-17(10-14)25-21(28)13-27-22(29)19(26-24(27)32)12-18-8-9-20(33-18)15-5-3-6-16(11-15)23(30)31/h2-11H,12-13H2,1H3,(H,25,28)(H,30,31)/p-1. The van der Waals surface area contributed by atoms with Crippen molar-refractivity contribution < 1.29 is 28.7 Å². The maximum Gasteiger partial charge on any atom is 0.351 e. The summed E-state index contributed by atoms with van der Waals surface area (Å²) in [4.78, 5) is 52.7. The molecule has 2 heterocycles. The van der Waals surface area contributed by atoms with Gasteiger partial charge >= 0.3 is 6.03 Å². The molecule has 0 atom stereocenters. The Morgan fingerprint density at radius 1 is 1.06 bits per heavy atom. The van der Waals surface area contributed by atoms with Crippen molar-refractivity contribution in [3.05, 3.63) is 77.6 Å². The number of nitrogens with one attached hydrogen (secondary N) is 1. The molecule has 0 spiro atoms. The maximum absolute atomic E-state index is 12.6. The largest absolute Gasteiger partial charge is 0.545 e. The number of amides is 4. The van der Waals surface area contributed by atoms with Gasteiger partial charge in [-0.1, -0.05) is 30.3 Å². The van der Waals surface area contributed by atoms with Crippen LogP contribution < -0.4 is 10.4 Å². The van der Waals surface area contributed by atoms with E-state index in [4.69, 9.17) is 4.42 Å². The molecule has 1 N–H and O–H groups in total. The first-order chi connectivity index (χ1) is 15.8. The number of anilines is 1. The zero-order chi connectivity index (χ0) is 23.5. The van der Waals surface area contributed by atoms with Crippen molar-refractivity contribution in [3.63, 3.8) is 0 Å². The van der Waals surface area contributed by atoms with Crippen LogP contribution in [-0.2, 0) is 16.0 Å². The first kappa shape index (κ1) is 21.7. The molecule has 0 aliphatic carbocycles. The van der Waals surface area contributed by atoms with Gasteiger partial charge in [0.25, 0.3) is 5.91 Å². The number of urea groups is 1. The van der Waals surface area contributed by atoms with Crippen LogP contribution in [0.1, 0.15) is 21.7 Å². The summed E-state index contributed by atoms with van der Waals surface area (Å²) in [5.41, 5.74) is 1.99. The maximum atomic E-state index is 12.6. The quantitative estimate of drug-likeness (QED) is 0.594. The molecule has 33 heavy (non-hydrogen) atoms. The summed E-state index contributed by atoms with van der Waals surface area (Å²) in [6.45, 7) is 1.42. The highest BCUT2D eigenvalue weighted by atomic mass is 16.4. The number of nitrogens with zero attached hydrogens (tertiary/aromatic N) is 2. The van der Waals surface area contributed by atoms with E-state index in [1.165, 1.54) is 12.1 Å². The van der Waals surface area contributed by atoms with Gasteiger partial charge in [-0.05, 0) is 48.4 Å². The Kier molecular flexibility index (Phi) is 5.86. The summed E-state index contributed by atoms with van der Waals surface area (Å²) < 4.78 is 5.70. The third-order valence-electron chi connectivity index (χ3n) is 4.94. The fraction of sp³-hybridized carbons (Fsp3) is 0.125. The van der Waals surface area contributed by atoms with Crippen LogP contribution in [0.4, 0.5) is 10.5 Å². The van der Waals surface area contributed by atoms with Crippen molar-refractivity contribution in [2.45, 2.75) is 13.3 Å². The predicted octanol–water partition coefficient (Wildman–Crippen LogP) is 2.20. The fourth-order valence-electron chi connectivity index (χ4n) is 3.38. The van der Waals surface area contributed by atoms with Crippen molar-refractivity contribution in [1.29, 1.82) is 0 Å². The molecule has 4 amide bonds. The summed E-state index contributed by atoms with van der Waals surface area (Å²) >= 11 is 0. The van der Waals surface area contributed by atoms with Crippen LogP contribution in [0.25, 0.3) is 11.3 Å². The summed E-state index contributed by atoms with van der Waals surface area (Å²) in [6.07, 6.45) is -0.0548. The number of carboxylic acids is 1. The van der Waals surface area contributed by atoms with Gasteiger partial charge < -0.3 is 19.6 Å². The molecule has 1 aliphatic heterocycles. The molecule has 0 radical (unpaired) electrons. The van der Waals surface area contributed by atoms with Gasteiger partial charge in [0.15, 0.2) is 0 Å². The van der Waals surface area contributed by atoms with Crippen molar-refractivity contribution in [3.8, 4) is 11.3 Å². The average molecular weight is 444 g/mol. The first-order valence-electron chi connectivity index (χ1n) is 10.0. The van der Waals surface area contributed by atoms with E-state index in [-0.39, 0.29) is 17.7 Å². The number of hydrogen-bond donors (Lipinski definition) is 1. The molecular weight excluding hydrogens is 426 g/mol. The lowest BCUT2D eigenvalue weighted by Gasteiger charge is -2.13. The molecule has 1 aliphatic rings. The monoisotopic (exact) mass is 444 g/mol. The van der Waals surface area contributed by atoms with Crippen LogP contribution in [0.5, 0.6) is 0 Å². The minimum atomic E-state index is -1.31. The fourth-order valence-corrected chi connectivity index (χ4v) is 3.38. The molecule has 0 fully saturated rings. The minimum Gasteiger partial charge on any atom is -0.545 e. The number of benzene rings is 2. The number of carbonyl (C=O) groups is 4. The lowest BCUT2D eigenvalue weighted by atomic mass is 10.1. The van der Waals surface area contributed by atoms with Crippen molar-refractivity contribution >= 4 is 35.2 Å². The normalized spacial score (nSPS) is 13.2. The van der Waals surface area contributed by atoms with E-state index in [1.807, 2.05) is 13.0 Å². The molecule has 3 aromatic rings. The first-order valence-corrected chi connectivity index (χ1v) is 10.0. The number of imide groups is 1. The second-order valence-corrected chi connectivity index (χ2v) is 7.46. The topological polar surface area (TPSA) is 132 Å². The van der Waals surface area contributed by atoms with Gasteiger partial charge in [0.2, 0.25) is 5.91 Å². The van der Waals surface area contributed by atoms with E-state index in [0.29, 0.717) is 22.8 Å². The van der Waals surface area contributed by atoms with Crippen LogP contribution in [0, 0.1) is 6.92 Å². The van der Waals surface area contributed by atoms with Gasteiger partial charge in [-0.3, -0.25) is 9.59 Å². The SMILES string of the molecule is Cc1cccc(NC(=O)CN2C(=O)N=C(Cc3ccc(-c4cccc(C(=O)[O-])c4)o3)C2=O)c1. The number of aryl methyl sites for hydroxylation is 1. The molecule has 0 saturated carbocycles. The van der Waals surface area contributed by atoms with Gasteiger partial charge in [0.05, 0.1) is 12.4 Å². The van der Waals surface area contributed by atoms with E-state index in [9.17, 15) is 24.3 Å². The molecule has 9 heteroatoms. The zero-order valence-corrected chi connectivity index (χ0v) is 17.5. The number of carbonyl (C=O) groups excluding carboxylic acids is 4. The van der Waals surface area contributed by atoms with Gasteiger partial charge in [0.1, 0.15) is 23.8 Å². The lowest BCUT2D eigenvalue weighted by molar-refractivity contribution is -0.255. The van der Waals surface area contributed by atoms with E-state index in [0.717, 1.165) is 10.5 Å². The van der Waals surface area contributed by atoms with Gasteiger partial charge in [-0.15, -0.1) is 0 Å². The van der Waals surface area contributed by atoms with E-state index < -0.39 is 30.4 Å². The number of rotatable bonds is 7. The highest BCUT2D eigenvalue weighted by Gasteiger charge is 2.34. The molecular formula is C24H18N3O6-. The van der Waals surface area contributed by atoms with E-state index in [1.54, 1.807) is 42.5 Å². The summed E-state index contributed by atoms with van der Waals surface area (Å²) in [5.74, 6) is -1.75. The number of carboxylic acid groups (broad SMARTS) is 1. The van der Waals surface area contributed by atoms with E-state index in [2.05, 4.69) is 10.3 Å². The number of aromatic carboxylic acids is 1. The highest BCUT2D eigenvalue weighted by Crippen LogP contribution is 2.24. The second kappa shape index (κ2) is 8.91. The third kappa shape index (κ3) is 4.87. The summed E-state index contributed by atoms with van der Waals surface area (Å²) in [6, 6.07) is 15.6. The third-order valence-corrected chi connectivity index (χ3v) is 4.94. The Balaban J connectivity index is 1.41. The number of aliphatic imine (C=N–C) groups is 1. The van der Waals surface area contributed by atoms with Crippen LogP contribution in [0.15, 0.2) is 70.1 Å². The van der Waals surface area contributed by atoms with Crippen molar-refractivity contribution in [2.24, 2.45) is 4.99 Å². The Labute approximate surface area is 188 Å². The molecule has 0 unspecified atom stereocenters. The van der Waals surface area contributed by atoms with E-state index >= 15 is 0 Å². The second-order valence-electron chi connectivity index (χ2n) is 7.46. The Morgan fingerprint density at radius 2 is 1.85 bits per heavy atom. The molecule has 1 aromatic heterocycles. The highest BCUT2D eigenvalue weighted by molar-refractivity contribution is 6.46. The molecule has 166 valence electrons. The Bertz CT molecular complexity index is 1310. The summed E-state index contributed by atoms with van der Waals surface area (Å²) in [5, 5.41) is 13.7. The average Bonchev–Trinajstić information content (AvgIpc) is 3.34. The van der Waals surface area contributed by atoms with Crippen LogP contribution in [0.2, 0.25) is 0 Å². The Hall–Kier alpha value is -4.53. The van der Waals surface area contributed by atoms with Crippen molar-refractivity contribution in [1.82, 2.24) is 4.90 Å². The Morgan fingerprint density at radius 3 is 2.61 bits per heavy atom. The molecule has 4 rings (SSSR count). The van der Waals surface area contributed by atoms with Gasteiger partial charge in [-0.25, -0.2) is 9.69 Å². The van der Waals surface area contributed by atoms with Gasteiger partial charge in [0, 0.05) is 11.3 Å². The molecule has 2 aromatic carbocycles. The molecule has 0 bridgehead atoms. The minimum absolute atomic E-state index is 0.00553. The van der Waals surface area contributed by atoms with Crippen LogP contribution >= 0.6 is 0 Å². The lowest BCUT2D eigenvalue weighted by Crippen LogP contribution is -2.39. The number of furan rings is 1. The van der Waals surface area contributed by atoms with Crippen LogP contribution in [0.3, 0.4) is 0 Å². The van der Waals surface area contributed by atoms with Crippen molar-refractivity contribution in [2.75, 3.05) is 11.9 Å².